The quantitative estimate of drug-likeness (QED) is 0.182. The van der Waals surface area contributed by atoms with Crippen molar-refractivity contribution < 1.29 is 54.7 Å². The van der Waals surface area contributed by atoms with Gasteiger partial charge in [-0.3, -0.25) is 4.79 Å². The van der Waals surface area contributed by atoms with Crippen molar-refractivity contribution in [1.82, 2.24) is 0 Å². The van der Waals surface area contributed by atoms with E-state index in [1.54, 1.807) is 0 Å². The predicted octanol–water partition coefficient (Wildman–Crippen LogP) is -1.05. The van der Waals surface area contributed by atoms with Crippen LogP contribution in [-0.2, 0) is 4.74 Å². The fourth-order valence-corrected chi connectivity index (χ4v) is 3.38. The van der Waals surface area contributed by atoms with Gasteiger partial charge in [0.2, 0.25) is 17.5 Å². The number of aliphatic hydroxyl groups is 4. The Hall–Kier alpha value is -3.29. The molecule has 1 unspecified atom stereocenters. The monoisotopic (exact) mass is 438 g/mol. The lowest BCUT2D eigenvalue weighted by molar-refractivity contribution is -0.277. The molecule has 3 aromatic rings. The average molecular weight is 438 g/mol. The molecule has 0 aliphatic carbocycles. The first kappa shape index (κ1) is 21.0. The van der Waals surface area contributed by atoms with Crippen LogP contribution in [-0.4, -0.2) is 78.2 Å². The summed E-state index contributed by atoms with van der Waals surface area (Å²) in [6.07, 6.45) is -8.30. The van der Waals surface area contributed by atoms with E-state index in [0.29, 0.717) is 0 Å². The molecule has 0 spiro atoms. The number of rotatable bonds is 3. The lowest BCUT2D eigenvalue weighted by atomic mass is 9.99. The molecule has 1 aliphatic heterocycles. The minimum Gasteiger partial charge on any atom is -0.504 e. The maximum absolute atomic E-state index is 12.8. The van der Waals surface area contributed by atoms with Gasteiger partial charge in [-0.2, -0.15) is 0 Å². The van der Waals surface area contributed by atoms with Crippen molar-refractivity contribution in [1.29, 1.82) is 0 Å². The second-order valence-electron chi connectivity index (χ2n) is 7.03. The topological polar surface area (TPSA) is 211 Å². The summed E-state index contributed by atoms with van der Waals surface area (Å²) >= 11 is 0. The first-order valence-corrected chi connectivity index (χ1v) is 8.98. The zero-order chi connectivity index (χ0) is 22.6. The Morgan fingerprint density at radius 1 is 0.871 bits per heavy atom. The second kappa shape index (κ2) is 7.44. The Labute approximate surface area is 172 Å². The highest BCUT2D eigenvalue weighted by molar-refractivity contribution is 5.96. The molecule has 2 aromatic carbocycles. The summed E-state index contributed by atoms with van der Waals surface area (Å²) < 4.78 is 15.9. The van der Waals surface area contributed by atoms with E-state index in [0.717, 1.165) is 18.2 Å². The molecule has 1 aromatic heterocycles. The van der Waals surface area contributed by atoms with Crippen molar-refractivity contribution in [3.8, 4) is 28.7 Å². The molecule has 4 rings (SSSR count). The molecule has 12 heteroatoms. The molecule has 12 nitrogen and oxygen atoms in total. The van der Waals surface area contributed by atoms with Crippen molar-refractivity contribution in [2.75, 3.05) is 6.61 Å². The van der Waals surface area contributed by atoms with Gasteiger partial charge in [0, 0.05) is 12.1 Å². The highest BCUT2D eigenvalue weighted by atomic mass is 16.7. The number of benzene rings is 2. The highest BCUT2D eigenvalue weighted by Crippen LogP contribution is 2.43. The van der Waals surface area contributed by atoms with Gasteiger partial charge in [0.25, 0.3) is 0 Å². The van der Waals surface area contributed by atoms with Gasteiger partial charge in [0.15, 0.2) is 23.0 Å². The smallest absolute Gasteiger partial charge is 0.229 e. The minimum absolute atomic E-state index is 0.130. The van der Waals surface area contributed by atoms with Crippen LogP contribution < -0.4 is 10.2 Å². The fourth-order valence-electron chi connectivity index (χ4n) is 3.38. The third-order valence-electron chi connectivity index (χ3n) is 5.05. The molecule has 0 amide bonds. The predicted molar refractivity (Wildman–Crippen MR) is 101 cm³/mol. The summed E-state index contributed by atoms with van der Waals surface area (Å²) in [5.74, 6) is -3.48. The normalized spacial score (nSPS) is 26.4. The van der Waals surface area contributed by atoms with E-state index in [2.05, 4.69) is 0 Å². The third-order valence-corrected chi connectivity index (χ3v) is 5.05. The average Bonchev–Trinajstić information content (AvgIpc) is 2.72. The summed E-state index contributed by atoms with van der Waals surface area (Å²) in [5, 5.41) is 78.5. The zero-order valence-corrected chi connectivity index (χ0v) is 15.5. The molecule has 1 saturated heterocycles. The molecule has 1 aliphatic rings. The third kappa shape index (κ3) is 3.26. The lowest BCUT2D eigenvalue weighted by Crippen LogP contribution is -2.60. The molecule has 0 bridgehead atoms. The summed E-state index contributed by atoms with van der Waals surface area (Å²) in [7, 11) is 0. The molecule has 2 heterocycles. The van der Waals surface area contributed by atoms with Crippen molar-refractivity contribution >= 4 is 21.9 Å². The van der Waals surface area contributed by atoms with E-state index in [4.69, 9.17) is 13.9 Å². The van der Waals surface area contributed by atoms with Gasteiger partial charge in [-0.15, -0.1) is 0 Å². The van der Waals surface area contributed by atoms with Crippen LogP contribution in [0.15, 0.2) is 27.4 Å². The number of ether oxygens (including phenoxy) is 2. The van der Waals surface area contributed by atoms with Crippen LogP contribution in [0, 0.1) is 0 Å². The first-order valence-electron chi connectivity index (χ1n) is 8.98. The number of phenolic OH excluding ortho intramolecular Hbond substituents is 4. The number of fused-ring (bicyclic) bond motifs is 2. The molecule has 0 saturated carbocycles. The molecular formula is C19H18O12. The summed E-state index contributed by atoms with van der Waals surface area (Å²) in [5.41, 5.74) is -1.24. The molecule has 0 radical (unpaired) electrons. The van der Waals surface area contributed by atoms with E-state index in [-0.39, 0.29) is 16.6 Å². The lowest BCUT2D eigenvalue weighted by Gasteiger charge is -2.39. The summed E-state index contributed by atoms with van der Waals surface area (Å²) in [6, 6.07) is 2.84. The largest absolute Gasteiger partial charge is 0.504 e. The summed E-state index contributed by atoms with van der Waals surface area (Å²) in [4.78, 5) is 12.8. The zero-order valence-electron chi connectivity index (χ0n) is 15.5. The number of phenols is 4. The first-order chi connectivity index (χ1) is 14.6. The van der Waals surface area contributed by atoms with Crippen molar-refractivity contribution in [3.63, 3.8) is 0 Å². The van der Waals surface area contributed by atoms with E-state index >= 15 is 0 Å². The number of aromatic hydroxyl groups is 4. The maximum atomic E-state index is 12.8. The van der Waals surface area contributed by atoms with Gasteiger partial charge in [-0.05, 0) is 6.07 Å². The summed E-state index contributed by atoms with van der Waals surface area (Å²) in [6.45, 7) is -0.730. The van der Waals surface area contributed by atoms with E-state index < -0.39 is 76.9 Å². The second-order valence-corrected chi connectivity index (χ2v) is 7.03. The molecular weight excluding hydrogens is 420 g/mol. The molecule has 1 fully saturated rings. The van der Waals surface area contributed by atoms with Gasteiger partial charge in [-0.1, -0.05) is 0 Å². The van der Waals surface area contributed by atoms with Gasteiger partial charge in [0.05, 0.1) is 12.0 Å². The van der Waals surface area contributed by atoms with Crippen molar-refractivity contribution in [2.45, 2.75) is 30.7 Å². The Balaban J connectivity index is 1.84. The van der Waals surface area contributed by atoms with Crippen LogP contribution >= 0.6 is 0 Å². The molecule has 31 heavy (non-hydrogen) atoms. The van der Waals surface area contributed by atoms with E-state index in [9.17, 15) is 45.6 Å². The van der Waals surface area contributed by atoms with Crippen LogP contribution in [0.1, 0.15) is 0 Å². The van der Waals surface area contributed by atoms with Crippen LogP contribution in [0.3, 0.4) is 0 Å². The highest BCUT2D eigenvalue weighted by Gasteiger charge is 2.45. The Bertz CT molecular complexity index is 1220. The Kier molecular flexibility index (Phi) is 5.03. The Morgan fingerprint density at radius 2 is 1.52 bits per heavy atom. The van der Waals surface area contributed by atoms with Gasteiger partial charge < -0.3 is 54.7 Å². The number of hydrogen-bond donors (Lipinski definition) is 8. The fraction of sp³-hybridized carbons (Fsp3) is 0.316. The molecule has 8 N–H and O–H groups in total. The maximum Gasteiger partial charge on any atom is 0.229 e. The minimum atomic E-state index is -1.83. The van der Waals surface area contributed by atoms with Gasteiger partial charge in [-0.25, -0.2) is 0 Å². The van der Waals surface area contributed by atoms with Crippen LogP contribution in [0.4, 0.5) is 0 Å². The van der Waals surface area contributed by atoms with E-state index in [1.165, 1.54) is 0 Å². The van der Waals surface area contributed by atoms with Crippen molar-refractivity contribution in [3.05, 3.63) is 28.4 Å². The van der Waals surface area contributed by atoms with Gasteiger partial charge >= 0.3 is 0 Å². The van der Waals surface area contributed by atoms with Crippen molar-refractivity contribution in [2.24, 2.45) is 0 Å². The standard InChI is InChI=1S/C19H18O12/c20-4-11-14(25)16(27)17(28)19(30-11)31-18-8(23)3-10-12(15(18)26)13(24)5-1-6(21)7(22)2-9(5)29-10/h1-3,11,14,16-17,19-23,25-28H,4H2/t11-,14-,16+,17-,19?/m1/s1. The van der Waals surface area contributed by atoms with Crippen LogP contribution in [0.5, 0.6) is 28.7 Å². The number of aliphatic hydroxyl groups excluding tert-OH is 4. The molecule has 166 valence electrons. The number of hydrogen-bond acceptors (Lipinski definition) is 12. The van der Waals surface area contributed by atoms with Gasteiger partial charge in [0.1, 0.15) is 41.0 Å². The molecule has 5 atom stereocenters. The van der Waals surface area contributed by atoms with Crippen LogP contribution in [0.25, 0.3) is 21.9 Å². The van der Waals surface area contributed by atoms with Crippen LogP contribution in [0.2, 0.25) is 0 Å². The van der Waals surface area contributed by atoms with E-state index in [1.807, 2.05) is 0 Å². The Morgan fingerprint density at radius 3 is 2.19 bits per heavy atom. The SMILES string of the molecule is O=c1c2cc(O)c(O)cc2oc2cc(O)c(OC3O[C@H](CO)[C@@H](O)[C@H](O)[C@H]3O)c(O)c12.